The zero-order chi connectivity index (χ0) is 8.69. The number of methoxy groups -OCH3 is 1. The Morgan fingerprint density at radius 1 is 1.64 bits per heavy atom. The second-order valence-electron chi connectivity index (χ2n) is 2.27. The van der Waals surface area contributed by atoms with Crippen LogP contribution in [0.15, 0.2) is 12.7 Å². The lowest BCUT2D eigenvalue weighted by molar-refractivity contribution is -0.130. The van der Waals surface area contributed by atoms with Crippen LogP contribution in [0, 0.1) is 5.92 Å². The molecule has 3 heteroatoms. The summed E-state index contributed by atoms with van der Waals surface area (Å²) in [6, 6.07) is 0. The number of hydrogen-bond donors (Lipinski definition) is 0. The van der Waals surface area contributed by atoms with Crippen molar-refractivity contribution in [2.75, 3.05) is 13.9 Å². The van der Waals surface area contributed by atoms with Gasteiger partial charge >= 0.3 is 0 Å². The van der Waals surface area contributed by atoms with Crippen molar-refractivity contribution in [2.45, 2.75) is 13.0 Å². The van der Waals surface area contributed by atoms with E-state index in [0.29, 0.717) is 0 Å². The Morgan fingerprint density at radius 2 is 2.27 bits per heavy atom. The molecule has 3 nitrogen and oxygen atoms in total. The molecular formula is C8H14O3. The van der Waals surface area contributed by atoms with Crippen LogP contribution >= 0.6 is 0 Å². The van der Waals surface area contributed by atoms with Crippen molar-refractivity contribution in [3.05, 3.63) is 12.7 Å². The van der Waals surface area contributed by atoms with Crippen LogP contribution in [0.2, 0.25) is 0 Å². The van der Waals surface area contributed by atoms with Gasteiger partial charge < -0.3 is 14.3 Å². The molecule has 0 aromatic heterocycles. The first-order valence-electron chi connectivity index (χ1n) is 3.44. The second-order valence-corrected chi connectivity index (χ2v) is 2.27. The molecule has 2 atom stereocenters. The first kappa shape index (κ1) is 10.3. The summed E-state index contributed by atoms with van der Waals surface area (Å²) in [5.41, 5.74) is 0. The van der Waals surface area contributed by atoms with E-state index in [9.17, 15) is 4.79 Å². The fourth-order valence-electron chi connectivity index (χ4n) is 0.596. The van der Waals surface area contributed by atoms with Crippen molar-refractivity contribution in [3.8, 4) is 0 Å². The van der Waals surface area contributed by atoms with Gasteiger partial charge in [0.05, 0.1) is 0 Å². The highest BCUT2D eigenvalue weighted by molar-refractivity contribution is 5.56. The van der Waals surface area contributed by atoms with Crippen molar-refractivity contribution < 1.29 is 14.3 Å². The largest absolute Gasteiger partial charge is 0.359 e. The van der Waals surface area contributed by atoms with Crippen molar-refractivity contribution in [1.29, 1.82) is 0 Å². The van der Waals surface area contributed by atoms with E-state index in [0.717, 1.165) is 6.29 Å². The van der Waals surface area contributed by atoms with Crippen LogP contribution in [0.25, 0.3) is 0 Å². The summed E-state index contributed by atoms with van der Waals surface area (Å²) >= 11 is 0. The molecule has 11 heavy (non-hydrogen) atoms. The highest BCUT2D eigenvalue weighted by Crippen LogP contribution is 2.05. The molecule has 0 aromatic carbocycles. The van der Waals surface area contributed by atoms with Crippen LogP contribution in [0.4, 0.5) is 0 Å². The Balaban J connectivity index is 3.73. The van der Waals surface area contributed by atoms with Gasteiger partial charge in [0, 0.05) is 13.0 Å². The first-order chi connectivity index (χ1) is 5.26. The van der Waals surface area contributed by atoms with Gasteiger partial charge in [0.15, 0.2) is 0 Å². The zero-order valence-corrected chi connectivity index (χ0v) is 6.95. The Hall–Kier alpha value is -0.670. The molecule has 64 valence electrons. The van der Waals surface area contributed by atoms with Crippen LogP contribution in [-0.4, -0.2) is 26.3 Å². The van der Waals surface area contributed by atoms with Gasteiger partial charge in [0.2, 0.25) is 0 Å². The maximum absolute atomic E-state index is 10.4. The van der Waals surface area contributed by atoms with Gasteiger partial charge in [-0.3, -0.25) is 0 Å². The summed E-state index contributed by atoms with van der Waals surface area (Å²) in [5.74, 6) is 0.0302. The van der Waals surface area contributed by atoms with Crippen LogP contribution in [0.5, 0.6) is 0 Å². The van der Waals surface area contributed by atoms with E-state index in [1.807, 2.05) is 6.92 Å². The third kappa shape index (κ3) is 3.91. The predicted octanol–water partition coefficient (Wildman–Crippen LogP) is 0.996. The summed E-state index contributed by atoms with van der Waals surface area (Å²) in [5, 5.41) is 0. The lowest BCUT2D eigenvalue weighted by Crippen LogP contribution is -2.22. The van der Waals surface area contributed by atoms with Crippen molar-refractivity contribution in [3.63, 3.8) is 0 Å². The normalized spacial score (nSPS) is 15.5. The molecule has 0 saturated carbocycles. The standard InChI is InChI=1S/C8H14O3/c1-4-7(2)8(5-9)11-6-10-3/h4-5,7-8H,1,6H2,2-3H3/t7-,8+/m0/s1. The highest BCUT2D eigenvalue weighted by atomic mass is 16.7. The number of carbonyl (C=O) groups is 1. The molecule has 0 amide bonds. The summed E-state index contributed by atoms with van der Waals surface area (Å²) in [6.45, 7) is 5.56. The molecule has 0 fully saturated rings. The molecule has 0 heterocycles. The summed E-state index contributed by atoms with van der Waals surface area (Å²) < 4.78 is 9.68. The highest BCUT2D eigenvalue weighted by Gasteiger charge is 2.12. The lowest BCUT2D eigenvalue weighted by Gasteiger charge is -2.14. The van der Waals surface area contributed by atoms with E-state index in [-0.39, 0.29) is 12.7 Å². The molecule has 0 N–H and O–H groups in total. The molecule has 0 unspecified atom stereocenters. The fraction of sp³-hybridized carbons (Fsp3) is 0.625. The average Bonchev–Trinajstić information content (AvgIpc) is 2.05. The van der Waals surface area contributed by atoms with Gasteiger partial charge in [0.25, 0.3) is 0 Å². The molecule has 0 aromatic rings. The molecule has 0 aliphatic heterocycles. The van der Waals surface area contributed by atoms with Crippen LogP contribution in [0.1, 0.15) is 6.92 Å². The average molecular weight is 158 g/mol. The van der Waals surface area contributed by atoms with Gasteiger partial charge in [-0.05, 0) is 0 Å². The van der Waals surface area contributed by atoms with Crippen LogP contribution < -0.4 is 0 Å². The first-order valence-corrected chi connectivity index (χ1v) is 3.44. The molecule has 0 rings (SSSR count). The van der Waals surface area contributed by atoms with E-state index in [4.69, 9.17) is 4.74 Å². The predicted molar refractivity (Wildman–Crippen MR) is 42.2 cm³/mol. The SMILES string of the molecule is C=C[C@H](C)[C@@H](C=O)OCOC. The molecule has 0 bridgehead atoms. The number of ether oxygens (including phenoxy) is 2. The van der Waals surface area contributed by atoms with Gasteiger partial charge in [-0.1, -0.05) is 13.0 Å². The zero-order valence-electron chi connectivity index (χ0n) is 6.95. The minimum atomic E-state index is -0.438. The summed E-state index contributed by atoms with van der Waals surface area (Å²) in [4.78, 5) is 10.4. The molecule has 0 aliphatic carbocycles. The monoisotopic (exact) mass is 158 g/mol. The molecular weight excluding hydrogens is 144 g/mol. The Labute approximate surface area is 67.0 Å². The Morgan fingerprint density at radius 3 is 2.64 bits per heavy atom. The number of hydrogen-bond acceptors (Lipinski definition) is 3. The van der Waals surface area contributed by atoms with Gasteiger partial charge in [-0.2, -0.15) is 0 Å². The molecule has 0 radical (unpaired) electrons. The third-order valence-electron chi connectivity index (χ3n) is 1.40. The second kappa shape index (κ2) is 6.07. The van der Waals surface area contributed by atoms with Crippen molar-refractivity contribution >= 4 is 6.29 Å². The van der Waals surface area contributed by atoms with E-state index >= 15 is 0 Å². The summed E-state index contributed by atoms with van der Waals surface area (Å²) in [6.07, 6.45) is 1.99. The van der Waals surface area contributed by atoms with Crippen molar-refractivity contribution in [2.24, 2.45) is 5.92 Å². The smallest absolute Gasteiger partial charge is 0.149 e. The fourth-order valence-corrected chi connectivity index (χ4v) is 0.596. The van der Waals surface area contributed by atoms with Crippen molar-refractivity contribution in [1.82, 2.24) is 0 Å². The summed E-state index contributed by atoms with van der Waals surface area (Å²) in [7, 11) is 1.51. The van der Waals surface area contributed by atoms with E-state index in [1.54, 1.807) is 6.08 Å². The maximum Gasteiger partial charge on any atom is 0.149 e. The quantitative estimate of drug-likeness (QED) is 0.328. The molecule has 0 aliphatic rings. The van der Waals surface area contributed by atoms with E-state index in [1.165, 1.54) is 7.11 Å². The van der Waals surface area contributed by atoms with Gasteiger partial charge in [-0.25, -0.2) is 0 Å². The minimum absolute atomic E-state index is 0.0302. The molecule has 0 saturated heterocycles. The van der Waals surface area contributed by atoms with E-state index in [2.05, 4.69) is 11.3 Å². The topological polar surface area (TPSA) is 35.5 Å². The maximum atomic E-state index is 10.4. The molecule has 0 spiro atoms. The Bertz CT molecular complexity index is 123. The third-order valence-corrected chi connectivity index (χ3v) is 1.40. The van der Waals surface area contributed by atoms with Gasteiger partial charge in [-0.15, -0.1) is 6.58 Å². The lowest BCUT2D eigenvalue weighted by atomic mass is 10.1. The number of rotatable bonds is 6. The van der Waals surface area contributed by atoms with E-state index < -0.39 is 6.10 Å². The Kier molecular flexibility index (Phi) is 5.70. The van der Waals surface area contributed by atoms with Crippen LogP contribution in [-0.2, 0) is 14.3 Å². The minimum Gasteiger partial charge on any atom is -0.359 e. The van der Waals surface area contributed by atoms with Crippen LogP contribution in [0.3, 0.4) is 0 Å². The number of aldehydes is 1. The van der Waals surface area contributed by atoms with Gasteiger partial charge in [0.1, 0.15) is 19.2 Å². The number of carbonyl (C=O) groups excluding carboxylic acids is 1.